The number of carbonyl (C=O) groups is 2. The smallest absolute Gasteiger partial charge is 0.416 e. The molecule has 4 rings (SSSR count). The van der Waals surface area contributed by atoms with E-state index in [-0.39, 0.29) is 35.4 Å². The maximum absolute atomic E-state index is 16.4. The maximum atomic E-state index is 16.4. The molecule has 0 radical (unpaired) electrons. The first-order chi connectivity index (χ1) is 22.0. The average Bonchev–Trinajstić information content (AvgIpc) is 2.93. The van der Waals surface area contributed by atoms with E-state index in [0.717, 1.165) is 30.3 Å². The molecule has 2 unspecified atom stereocenters. The highest BCUT2D eigenvalue weighted by Gasteiger charge is 2.36. The van der Waals surface area contributed by atoms with Gasteiger partial charge in [0.1, 0.15) is 17.7 Å². The summed E-state index contributed by atoms with van der Waals surface area (Å²) in [5.41, 5.74) is -1.04. The monoisotopic (exact) mass is 661 g/mol. The largest absolute Gasteiger partial charge is 0.481 e. The topological polar surface area (TPSA) is 91.6 Å². The van der Waals surface area contributed by atoms with Gasteiger partial charge in [-0.15, -0.1) is 0 Å². The summed E-state index contributed by atoms with van der Waals surface area (Å²) in [7, 11) is 0. The molecule has 0 saturated carbocycles. The third-order valence-electron chi connectivity index (χ3n) is 8.66. The van der Waals surface area contributed by atoms with Gasteiger partial charge in [0, 0.05) is 29.9 Å². The number of aryl methyl sites for hydroxylation is 3. The van der Waals surface area contributed by atoms with E-state index < -0.39 is 64.9 Å². The second-order valence-electron chi connectivity index (χ2n) is 12.8. The van der Waals surface area contributed by atoms with Gasteiger partial charge in [0.25, 0.3) is 5.56 Å². The predicted octanol–water partition coefficient (Wildman–Crippen LogP) is 6.91. The molecule has 0 bridgehead atoms. The minimum atomic E-state index is -4.81. The van der Waals surface area contributed by atoms with Gasteiger partial charge in [0.05, 0.1) is 18.0 Å². The lowest BCUT2D eigenvalue weighted by Crippen LogP contribution is -2.41. The molecule has 1 aliphatic rings. The Kier molecular flexibility index (Phi) is 10.9. The highest BCUT2D eigenvalue weighted by molar-refractivity contribution is 5.82. The molecule has 1 aliphatic heterocycles. The summed E-state index contributed by atoms with van der Waals surface area (Å²) in [6.45, 7) is 10.2. The highest BCUT2D eigenvalue weighted by atomic mass is 19.4. The van der Waals surface area contributed by atoms with Crippen molar-refractivity contribution in [2.24, 2.45) is 5.92 Å². The fourth-order valence-electron chi connectivity index (χ4n) is 6.17. The molecule has 2 atom stereocenters. The number of carbonyl (C=O) groups excluding carboxylic acids is 1. The van der Waals surface area contributed by atoms with Crippen LogP contribution in [0, 0.1) is 38.3 Å². The molecule has 1 saturated heterocycles. The first kappa shape index (κ1) is 35.8. The van der Waals surface area contributed by atoms with Crippen LogP contribution in [0.5, 0.6) is 0 Å². The Morgan fingerprint density at radius 2 is 1.64 bits per heavy atom. The zero-order valence-corrected chi connectivity index (χ0v) is 27.1. The van der Waals surface area contributed by atoms with Crippen LogP contribution in [0.2, 0.25) is 0 Å². The second-order valence-corrected chi connectivity index (χ2v) is 12.8. The van der Waals surface area contributed by atoms with Gasteiger partial charge in [-0.25, -0.2) is 8.78 Å². The van der Waals surface area contributed by atoms with Gasteiger partial charge in [-0.1, -0.05) is 32.0 Å². The number of carboxylic acids is 1. The van der Waals surface area contributed by atoms with Crippen LogP contribution in [-0.2, 0) is 22.2 Å². The minimum Gasteiger partial charge on any atom is -0.481 e. The lowest BCUT2D eigenvalue weighted by molar-refractivity contribution is -0.139. The van der Waals surface area contributed by atoms with Crippen LogP contribution in [0.3, 0.4) is 0 Å². The normalized spacial score (nSPS) is 15.0. The standard InChI is InChI=1S/C35H40F5N3O4/c1-19(2)14-27(43-18-23(10-13-42-11-7-12-42)25(16-28(43)44)35(38,39)40)34(47)41-26(17-29(45)46)31-32(36)22(5)15-24(33(31)37)30-20(3)8-6-9-21(30)4/h6,8-9,15-16,18-19,26-27H,7,10-14,17H2,1-5H3,(H,41,47)(H,45,46). The Labute approximate surface area is 270 Å². The van der Waals surface area contributed by atoms with E-state index in [0.29, 0.717) is 29.3 Å². The van der Waals surface area contributed by atoms with E-state index in [1.807, 2.05) is 4.90 Å². The second kappa shape index (κ2) is 14.4. The fourth-order valence-corrected chi connectivity index (χ4v) is 6.17. The number of amides is 1. The molecule has 1 amide bonds. The molecule has 47 heavy (non-hydrogen) atoms. The quantitative estimate of drug-likeness (QED) is 0.206. The molecule has 2 N–H and O–H groups in total. The van der Waals surface area contributed by atoms with Crippen LogP contribution in [-0.4, -0.2) is 46.1 Å². The van der Waals surface area contributed by atoms with Crippen LogP contribution >= 0.6 is 0 Å². The third-order valence-corrected chi connectivity index (χ3v) is 8.66. The number of carboxylic acid groups (broad SMARTS) is 1. The molecule has 0 aliphatic carbocycles. The summed E-state index contributed by atoms with van der Waals surface area (Å²) in [6.07, 6.45) is -3.77. The number of nitrogens with zero attached hydrogens (tertiary/aromatic N) is 2. The number of benzene rings is 2. The molecule has 0 spiro atoms. The number of halogens is 5. The zero-order valence-electron chi connectivity index (χ0n) is 27.1. The summed E-state index contributed by atoms with van der Waals surface area (Å²) >= 11 is 0. The zero-order chi connectivity index (χ0) is 34.8. The van der Waals surface area contributed by atoms with Crippen LogP contribution in [0.15, 0.2) is 41.3 Å². The average molecular weight is 662 g/mol. The Morgan fingerprint density at radius 1 is 1.00 bits per heavy atom. The lowest BCUT2D eigenvalue weighted by Gasteiger charge is -2.31. The van der Waals surface area contributed by atoms with E-state index in [2.05, 4.69) is 5.32 Å². The van der Waals surface area contributed by atoms with Crippen LogP contribution < -0.4 is 10.9 Å². The van der Waals surface area contributed by atoms with Gasteiger partial charge in [-0.3, -0.25) is 14.4 Å². The van der Waals surface area contributed by atoms with Crippen LogP contribution in [0.1, 0.15) is 78.6 Å². The van der Waals surface area contributed by atoms with Gasteiger partial charge in [0.2, 0.25) is 5.91 Å². The molecule has 12 heteroatoms. The molecule has 3 aromatic rings. The Balaban J connectivity index is 1.81. The van der Waals surface area contributed by atoms with Crippen molar-refractivity contribution in [3.8, 4) is 11.1 Å². The fraction of sp³-hybridized carbons (Fsp3) is 0.457. The summed E-state index contributed by atoms with van der Waals surface area (Å²) in [5, 5.41) is 12.2. The van der Waals surface area contributed by atoms with Crippen molar-refractivity contribution in [1.29, 1.82) is 0 Å². The molecule has 2 aromatic carbocycles. The highest BCUT2D eigenvalue weighted by Crippen LogP contribution is 2.37. The number of likely N-dealkylation sites (tertiary alicyclic amines) is 1. The molecule has 7 nitrogen and oxygen atoms in total. The summed E-state index contributed by atoms with van der Waals surface area (Å²) in [5.74, 6) is -4.73. The number of hydrogen-bond donors (Lipinski definition) is 2. The van der Waals surface area contributed by atoms with Crippen molar-refractivity contribution < 1.29 is 36.6 Å². The Morgan fingerprint density at radius 3 is 2.17 bits per heavy atom. The molecular formula is C35H40F5N3O4. The van der Waals surface area contributed by atoms with Gasteiger partial charge in [0.15, 0.2) is 0 Å². The summed E-state index contributed by atoms with van der Waals surface area (Å²) in [6, 6.07) is 4.00. The van der Waals surface area contributed by atoms with Gasteiger partial charge >= 0.3 is 12.1 Å². The van der Waals surface area contributed by atoms with Crippen molar-refractivity contribution in [3.05, 3.63) is 91.9 Å². The van der Waals surface area contributed by atoms with Crippen LogP contribution in [0.4, 0.5) is 22.0 Å². The summed E-state index contributed by atoms with van der Waals surface area (Å²) < 4.78 is 74.9. The maximum Gasteiger partial charge on any atom is 0.416 e. The first-order valence-corrected chi connectivity index (χ1v) is 15.6. The van der Waals surface area contributed by atoms with E-state index in [1.165, 1.54) is 13.0 Å². The lowest BCUT2D eigenvalue weighted by atomic mass is 9.89. The molecule has 1 aromatic heterocycles. The molecular weight excluding hydrogens is 621 g/mol. The molecule has 254 valence electrons. The number of aromatic nitrogens is 1. The number of pyridine rings is 1. The van der Waals surface area contributed by atoms with E-state index >= 15 is 8.78 Å². The molecule has 2 heterocycles. The van der Waals surface area contributed by atoms with Crippen molar-refractivity contribution >= 4 is 11.9 Å². The first-order valence-electron chi connectivity index (χ1n) is 15.6. The third kappa shape index (κ3) is 8.09. The van der Waals surface area contributed by atoms with Gasteiger partial charge in [-0.2, -0.15) is 13.2 Å². The predicted molar refractivity (Wildman–Crippen MR) is 168 cm³/mol. The van der Waals surface area contributed by atoms with Crippen LogP contribution in [0.25, 0.3) is 11.1 Å². The van der Waals surface area contributed by atoms with E-state index in [4.69, 9.17) is 0 Å². The van der Waals surface area contributed by atoms with Crippen molar-refractivity contribution in [1.82, 2.24) is 14.8 Å². The Bertz CT molecular complexity index is 1690. The number of rotatable bonds is 12. The minimum absolute atomic E-state index is 0.0190. The van der Waals surface area contributed by atoms with Crippen molar-refractivity contribution in [2.45, 2.75) is 78.6 Å². The van der Waals surface area contributed by atoms with Crippen molar-refractivity contribution in [3.63, 3.8) is 0 Å². The Hall–Kier alpha value is -4.06. The SMILES string of the molecule is Cc1cc(-c2c(C)cccc2C)c(F)c(C(CC(=O)O)NC(=O)C(CC(C)C)n2cc(CCN3CCC3)c(C(F)(F)F)cc2=O)c1F. The number of hydrogen-bond acceptors (Lipinski definition) is 4. The van der Waals surface area contributed by atoms with Crippen molar-refractivity contribution in [2.75, 3.05) is 19.6 Å². The van der Waals surface area contributed by atoms with Gasteiger partial charge < -0.3 is 19.9 Å². The van der Waals surface area contributed by atoms with E-state index in [9.17, 15) is 32.7 Å². The molecule has 1 fully saturated rings. The number of alkyl halides is 3. The van der Waals surface area contributed by atoms with Gasteiger partial charge in [-0.05, 0) is 92.9 Å². The number of nitrogens with one attached hydrogen (secondary N) is 1. The summed E-state index contributed by atoms with van der Waals surface area (Å²) in [4.78, 5) is 41.1. The number of aliphatic carboxylic acids is 1. The van der Waals surface area contributed by atoms with E-state index in [1.54, 1.807) is 45.9 Å².